The van der Waals surface area contributed by atoms with Crippen molar-refractivity contribution in [2.45, 2.75) is 6.42 Å². The molecule has 1 atom stereocenters. The summed E-state index contributed by atoms with van der Waals surface area (Å²) in [5.41, 5.74) is 2.09. The number of hydrogen-bond donors (Lipinski definition) is 2. The summed E-state index contributed by atoms with van der Waals surface area (Å²) in [6.45, 7) is 2.14. The molecule has 17 heavy (non-hydrogen) atoms. The molecule has 0 bridgehead atoms. The van der Waals surface area contributed by atoms with Gasteiger partial charge < -0.3 is 14.9 Å². The first-order valence-corrected chi connectivity index (χ1v) is 5.52. The average Bonchev–Trinajstić information content (AvgIpc) is 2.63. The number of carboxylic acid groups (broad SMARTS) is 1. The van der Waals surface area contributed by atoms with Gasteiger partial charge in [-0.15, -0.1) is 0 Å². The molecule has 1 unspecified atom stereocenters. The van der Waals surface area contributed by atoms with E-state index in [4.69, 9.17) is 5.11 Å². The molecule has 0 aromatic heterocycles. The third-order valence-electron chi connectivity index (χ3n) is 2.72. The lowest BCUT2D eigenvalue weighted by atomic mass is 10.1. The number of nitrogens with zero attached hydrogens (tertiary/aromatic N) is 2. The molecule has 2 amide bonds. The maximum atomic E-state index is 11.5. The summed E-state index contributed by atoms with van der Waals surface area (Å²) in [6, 6.07) is -0.416. The van der Waals surface area contributed by atoms with E-state index in [-0.39, 0.29) is 0 Å². The summed E-state index contributed by atoms with van der Waals surface area (Å²) in [5, 5.41) is 8.33. The highest BCUT2D eigenvalue weighted by Gasteiger charge is 2.22. The predicted octanol–water partition coefficient (Wildman–Crippen LogP) is -0.404. The number of urea groups is 1. The van der Waals surface area contributed by atoms with E-state index < -0.39 is 18.6 Å². The molecule has 1 saturated heterocycles. The minimum Gasteiger partial charge on any atom is -0.479 e. The lowest BCUT2D eigenvalue weighted by Gasteiger charge is -2.21. The molecule has 7 heteroatoms. The van der Waals surface area contributed by atoms with Crippen molar-refractivity contribution >= 4 is 12.0 Å². The number of rotatable bonds is 5. The van der Waals surface area contributed by atoms with Crippen molar-refractivity contribution in [1.82, 2.24) is 15.3 Å². The Balaban J connectivity index is 2.20. The van der Waals surface area contributed by atoms with Gasteiger partial charge in [-0.1, -0.05) is 0 Å². The standard InChI is InChI=1S/C10H19N3O4/c1-12-4-3-8(5-12)6-13(2)10(16)11-17-7-9(14)15/h8H,3-7H2,1-2H3,(H,11,16)(H,14,15). The van der Waals surface area contributed by atoms with Crippen molar-refractivity contribution < 1.29 is 19.5 Å². The number of carbonyl (C=O) groups excluding carboxylic acids is 1. The number of amides is 2. The van der Waals surface area contributed by atoms with Crippen molar-refractivity contribution in [2.75, 3.05) is 40.3 Å². The predicted molar refractivity (Wildman–Crippen MR) is 60.4 cm³/mol. The van der Waals surface area contributed by atoms with Crippen molar-refractivity contribution in [3.8, 4) is 0 Å². The summed E-state index contributed by atoms with van der Waals surface area (Å²) < 4.78 is 0. The van der Waals surface area contributed by atoms with Crippen molar-refractivity contribution in [1.29, 1.82) is 0 Å². The minimum absolute atomic E-state index is 0.416. The second kappa shape index (κ2) is 6.41. The maximum absolute atomic E-state index is 11.5. The van der Waals surface area contributed by atoms with E-state index in [1.807, 2.05) is 0 Å². The van der Waals surface area contributed by atoms with Crippen molar-refractivity contribution in [3.05, 3.63) is 0 Å². The third-order valence-corrected chi connectivity index (χ3v) is 2.72. The molecule has 1 rings (SSSR count). The van der Waals surface area contributed by atoms with E-state index in [2.05, 4.69) is 22.3 Å². The molecule has 1 fully saturated rings. The van der Waals surface area contributed by atoms with Gasteiger partial charge >= 0.3 is 12.0 Å². The Bertz CT molecular complexity index is 285. The van der Waals surface area contributed by atoms with Crippen LogP contribution in [-0.2, 0) is 9.63 Å². The second-order valence-corrected chi connectivity index (χ2v) is 4.39. The number of likely N-dealkylation sites (tertiary alicyclic amines) is 1. The van der Waals surface area contributed by atoms with E-state index in [1.165, 1.54) is 4.90 Å². The molecule has 98 valence electrons. The Morgan fingerprint density at radius 1 is 1.59 bits per heavy atom. The zero-order valence-corrected chi connectivity index (χ0v) is 10.2. The fraction of sp³-hybridized carbons (Fsp3) is 0.800. The zero-order chi connectivity index (χ0) is 12.8. The first kappa shape index (κ1) is 13.7. The Hall–Kier alpha value is -1.34. The summed E-state index contributed by atoms with van der Waals surface area (Å²) in [5.74, 6) is -0.652. The van der Waals surface area contributed by atoms with E-state index in [0.29, 0.717) is 12.5 Å². The Labute approximate surface area is 100 Å². The van der Waals surface area contributed by atoms with Crippen LogP contribution in [0.25, 0.3) is 0 Å². The van der Waals surface area contributed by atoms with Gasteiger partial charge in [-0.05, 0) is 25.9 Å². The lowest BCUT2D eigenvalue weighted by molar-refractivity contribution is -0.144. The molecule has 7 nitrogen and oxygen atoms in total. The van der Waals surface area contributed by atoms with E-state index in [0.717, 1.165) is 19.5 Å². The zero-order valence-electron chi connectivity index (χ0n) is 10.2. The highest BCUT2D eigenvalue weighted by atomic mass is 16.7. The molecule has 0 radical (unpaired) electrons. The van der Waals surface area contributed by atoms with Crippen LogP contribution in [0.4, 0.5) is 4.79 Å². The molecule has 0 aromatic carbocycles. The molecule has 0 saturated carbocycles. The highest BCUT2D eigenvalue weighted by Crippen LogP contribution is 2.14. The largest absolute Gasteiger partial charge is 0.479 e. The lowest BCUT2D eigenvalue weighted by Crippen LogP contribution is -2.40. The Morgan fingerprint density at radius 2 is 2.29 bits per heavy atom. The fourth-order valence-electron chi connectivity index (χ4n) is 1.88. The van der Waals surface area contributed by atoms with Crippen LogP contribution in [-0.4, -0.2) is 67.2 Å². The maximum Gasteiger partial charge on any atom is 0.341 e. The normalized spacial score (nSPS) is 20.2. The molecular formula is C10H19N3O4. The molecule has 0 aromatic rings. The number of nitrogens with one attached hydrogen (secondary N) is 1. The van der Waals surface area contributed by atoms with Crippen molar-refractivity contribution in [2.24, 2.45) is 5.92 Å². The van der Waals surface area contributed by atoms with Crippen LogP contribution in [0.3, 0.4) is 0 Å². The average molecular weight is 245 g/mol. The number of carbonyl (C=O) groups is 2. The molecule has 1 aliphatic heterocycles. The van der Waals surface area contributed by atoms with E-state index in [9.17, 15) is 9.59 Å². The molecule has 2 N–H and O–H groups in total. The topological polar surface area (TPSA) is 82.1 Å². The second-order valence-electron chi connectivity index (χ2n) is 4.39. The van der Waals surface area contributed by atoms with Crippen LogP contribution in [0.2, 0.25) is 0 Å². The van der Waals surface area contributed by atoms with Crippen LogP contribution in [0.15, 0.2) is 0 Å². The van der Waals surface area contributed by atoms with Crippen LogP contribution < -0.4 is 5.48 Å². The quantitative estimate of drug-likeness (QED) is 0.644. The van der Waals surface area contributed by atoms with Crippen molar-refractivity contribution in [3.63, 3.8) is 0 Å². The Morgan fingerprint density at radius 3 is 2.82 bits per heavy atom. The summed E-state index contributed by atoms with van der Waals surface area (Å²) >= 11 is 0. The fourth-order valence-corrected chi connectivity index (χ4v) is 1.88. The molecule has 1 aliphatic rings. The minimum atomic E-state index is -1.12. The molecule has 0 aliphatic carbocycles. The third kappa shape index (κ3) is 5.01. The first-order chi connectivity index (χ1) is 7.99. The summed E-state index contributed by atoms with van der Waals surface area (Å²) in [7, 11) is 3.72. The monoisotopic (exact) mass is 245 g/mol. The smallest absolute Gasteiger partial charge is 0.341 e. The van der Waals surface area contributed by atoms with Crippen LogP contribution >= 0.6 is 0 Å². The Kier molecular flexibility index (Phi) is 5.17. The number of carboxylic acids is 1. The van der Waals surface area contributed by atoms with Crippen LogP contribution in [0.1, 0.15) is 6.42 Å². The van der Waals surface area contributed by atoms with Crippen LogP contribution in [0.5, 0.6) is 0 Å². The molecular weight excluding hydrogens is 226 g/mol. The van der Waals surface area contributed by atoms with E-state index in [1.54, 1.807) is 7.05 Å². The molecule has 1 heterocycles. The van der Waals surface area contributed by atoms with Gasteiger partial charge in [-0.25, -0.2) is 15.1 Å². The van der Waals surface area contributed by atoms with Gasteiger partial charge in [0.05, 0.1) is 0 Å². The van der Waals surface area contributed by atoms with Gasteiger partial charge in [0, 0.05) is 20.1 Å². The number of aliphatic carboxylic acids is 1. The SMILES string of the molecule is CN1CCC(CN(C)C(=O)NOCC(=O)O)C1. The van der Waals surface area contributed by atoms with Gasteiger partial charge in [0.25, 0.3) is 0 Å². The van der Waals surface area contributed by atoms with E-state index >= 15 is 0 Å². The first-order valence-electron chi connectivity index (χ1n) is 5.52. The highest BCUT2D eigenvalue weighted by molar-refractivity contribution is 5.73. The van der Waals surface area contributed by atoms with Gasteiger partial charge in [0.2, 0.25) is 0 Å². The van der Waals surface area contributed by atoms with Gasteiger partial charge in [-0.3, -0.25) is 4.84 Å². The number of hydrogen-bond acceptors (Lipinski definition) is 4. The summed E-state index contributed by atoms with van der Waals surface area (Å²) in [4.78, 5) is 29.9. The van der Waals surface area contributed by atoms with Gasteiger partial charge in [-0.2, -0.15) is 0 Å². The molecule has 0 spiro atoms. The van der Waals surface area contributed by atoms with Gasteiger partial charge in [0.15, 0.2) is 6.61 Å². The van der Waals surface area contributed by atoms with Crippen LogP contribution in [0, 0.1) is 5.92 Å². The van der Waals surface area contributed by atoms with Gasteiger partial charge in [0.1, 0.15) is 0 Å². The number of hydroxylamine groups is 1. The summed E-state index contributed by atoms with van der Waals surface area (Å²) in [6.07, 6.45) is 1.07.